The lowest BCUT2D eigenvalue weighted by molar-refractivity contribution is 0.0988. The SMILES string of the molecule is O=C(c1ccc(Cl)c(F)c1)C1CCCS1. The predicted octanol–water partition coefficient (Wildman–Crippen LogP) is 3.56. The van der Waals surface area contributed by atoms with Gasteiger partial charge in [0.2, 0.25) is 0 Å². The molecule has 0 radical (unpaired) electrons. The van der Waals surface area contributed by atoms with E-state index in [4.69, 9.17) is 11.6 Å². The van der Waals surface area contributed by atoms with Gasteiger partial charge in [-0.2, -0.15) is 11.8 Å². The molecule has 0 saturated carbocycles. The molecule has 0 N–H and O–H groups in total. The first-order chi connectivity index (χ1) is 7.18. The topological polar surface area (TPSA) is 17.1 Å². The van der Waals surface area contributed by atoms with Gasteiger partial charge >= 0.3 is 0 Å². The average molecular weight is 245 g/mol. The summed E-state index contributed by atoms with van der Waals surface area (Å²) in [6.07, 6.45) is 1.96. The number of benzene rings is 1. The molecule has 1 aromatic rings. The Kier molecular flexibility index (Phi) is 3.32. The van der Waals surface area contributed by atoms with E-state index in [0.717, 1.165) is 18.6 Å². The second kappa shape index (κ2) is 4.54. The van der Waals surface area contributed by atoms with E-state index in [1.807, 2.05) is 0 Å². The first kappa shape index (κ1) is 11.0. The highest BCUT2D eigenvalue weighted by Crippen LogP contribution is 2.29. The van der Waals surface area contributed by atoms with Gasteiger partial charge in [0.25, 0.3) is 0 Å². The molecular weight excluding hydrogens is 235 g/mol. The molecular formula is C11H10ClFOS. The molecule has 1 heterocycles. The molecule has 0 aromatic heterocycles. The van der Waals surface area contributed by atoms with Crippen LogP contribution in [0.15, 0.2) is 18.2 Å². The van der Waals surface area contributed by atoms with Crippen LogP contribution in [-0.4, -0.2) is 16.8 Å². The van der Waals surface area contributed by atoms with Crippen LogP contribution >= 0.6 is 23.4 Å². The Bertz CT molecular complexity index is 388. The Hall–Kier alpha value is -0.540. The lowest BCUT2D eigenvalue weighted by atomic mass is 10.1. The van der Waals surface area contributed by atoms with Crippen LogP contribution in [-0.2, 0) is 0 Å². The number of rotatable bonds is 2. The van der Waals surface area contributed by atoms with E-state index in [0.29, 0.717) is 5.56 Å². The molecule has 4 heteroatoms. The Balaban J connectivity index is 2.21. The van der Waals surface area contributed by atoms with Crippen LogP contribution in [0.2, 0.25) is 5.02 Å². The fraction of sp³-hybridized carbons (Fsp3) is 0.364. The van der Waals surface area contributed by atoms with Gasteiger partial charge in [0, 0.05) is 5.56 Å². The molecule has 1 aromatic carbocycles. The summed E-state index contributed by atoms with van der Waals surface area (Å²) in [6, 6.07) is 4.25. The number of halogens is 2. The summed E-state index contributed by atoms with van der Waals surface area (Å²) in [5, 5.41) is 0.0659. The molecule has 1 aliphatic heterocycles. The van der Waals surface area contributed by atoms with E-state index in [-0.39, 0.29) is 16.1 Å². The number of hydrogen-bond acceptors (Lipinski definition) is 2. The lowest BCUT2D eigenvalue weighted by Gasteiger charge is -2.07. The molecule has 15 heavy (non-hydrogen) atoms. The highest BCUT2D eigenvalue weighted by molar-refractivity contribution is 8.00. The molecule has 0 aliphatic carbocycles. The van der Waals surface area contributed by atoms with Gasteiger partial charge in [-0.15, -0.1) is 0 Å². The quantitative estimate of drug-likeness (QED) is 0.740. The fourth-order valence-electron chi connectivity index (χ4n) is 1.62. The Labute approximate surface area is 97.0 Å². The first-order valence-corrected chi connectivity index (χ1v) is 6.22. The summed E-state index contributed by atoms with van der Waals surface area (Å²) in [7, 11) is 0. The van der Waals surface area contributed by atoms with Crippen molar-refractivity contribution in [3.05, 3.63) is 34.6 Å². The molecule has 0 bridgehead atoms. The highest BCUT2D eigenvalue weighted by Gasteiger charge is 2.24. The van der Waals surface area contributed by atoms with Crippen LogP contribution in [0, 0.1) is 5.82 Å². The van der Waals surface area contributed by atoms with Crippen LogP contribution in [0.5, 0.6) is 0 Å². The molecule has 1 aliphatic rings. The van der Waals surface area contributed by atoms with Crippen molar-refractivity contribution >= 4 is 29.1 Å². The summed E-state index contributed by atoms with van der Waals surface area (Å²) < 4.78 is 13.1. The summed E-state index contributed by atoms with van der Waals surface area (Å²) in [5.41, 5.74) is 0.427. The Morgan fingerprint density at radius 1 is 1.53 bits per heavy atom. The zero-order chi connectivity index (χ0) is 10.8. The second-order valence-corrected chi connectivity index (χ2v) is 5.21. The van der Waals surface area contributed by atoms with Gasteiger partial charge in [-0.05, 0) is 36.8 Å². The number of carbonyl (C=O) groups is 1. The first-order valence-electron chi connectivity index (χ1n) is 4.79. The van der Waals surface area contributed by atoms with Crippen molar-refractivity contribution in [3.63, 3.8) is 0 Å². The van der Waals surface area contributed by atoms with Crippen LogP contribution in [0.4, 0.5) is 4.39 Å². The van der Waals surface area contributed by atoms with Crippen molar-refractivity contribution in [1.29, 1.82) is 0 Å². The molecule has 2 rings (SSSR count). The zero-order valence-corrected chi connectivity index (χ0v) is 9.58. The molecule has 1 unspecified atom stereocenters. The van der Waals surface area contributed by atoms with Crippen LogP contribution in [0.3, 0.4) is 0 Å². The van der Waals surface area contributed by atoms with Gasteiger partial charge < -0.3 is 0 Å². The summed E-state index contributed by atoms with van der Waals surface area (Å²) in [5.74, 6) is 0.519. The van der Waals surface area contributed by atoms with Gasteiger partial charge in [0.05, 0.1) is 10.3 Å². The summed E-state index contributed by atoms with van der Waals surface area (Å²) >= 11 is 7.20. The van der Waals surface area contributed by atoms with Crippen molar-refractivity contribution in [3.8, 4) is 0 Å². The van der Waals surface area contributed by atoms with Crippen molar-refractivity contribution in [2.75, 3.05) is 5.75 Å². The second-order valence-electron chi connectivity index (χ2n) is 3.49. The number of thioether (sulfide) groups is 1. The maximum atomic E-state index is 13.1. The van der Waals surface area contributed by atoms with Crippen molar-refractivity contribution in [2.24, 2.45) is 0 Å². The monoisotopic (exact) mass is 244 g/mol. The van der Waals surface area contributed by atoms with E-state index < -0.39 is 5.82 Å². The van der Waals surface area contributed by atoms with Gasteiger partial charge in [0.1, 0.15) is 5.82 Å². The molecule has 1 saturated heterocycles. The Morgan fingerprint density at radius 3 is 2.93 bits per heavy atom. The normalized spacial score (nSPS) is 20.5. The third-order valence-corrected chi connectivity index (χ3v) is 4.11. The van der Waals surface area contributed by atoms with E-state index in [1.165, 1.54) is 12.1 Å². The van der Waals surface area contributed by atoms with Gasteiger partial charge in [-0.3, -0.25) is 4.79 Å². The highest BCUT2D eigenvalue weighted by atomic mass is 35.5. The molecule has 0 amide bonds. The molecule has 1 nitrogen and oxygen atoms in total. The van der Waals surface area contributed by atoms with Gasteiger partial charge in [-0.1, -0.05) is 11.6 Å². The van der Waals surface area contributed by atoms with E-state index in [1.54, 1.807) is 17.8 Å². The van der Waals surface area contributed by atoms with Gasteiger partial charge in [-0.25, -0.2) is 4.39 Å². The van der Waals surface area contributed by atoms with Crippen molar-refractivity contribution in [1.82, 2.24) is 0 Å². The molecule has 80 valence electrons. The van der Waals surface area contributed by atoms with Crippen LogP contribution < -0.4 is 0 Å². The number of ketones is 1. The van der Waals surface area contributed by atoms with Crippen molar-refractivity contribution < 1.29 is 9.18 Å². The van der Waals surface area contributed by atoms with Crippen LogP contribution in [0.1, 0.15) is 23.2 Å². The summed E-state index contributed by atoms with van der Waals surface area (Å²) in [4.78, 5) is 11.9. The predicted molar refractivity (Wildman–Crippen MR) is 61.2 cm³/mol. The standard InChI is InChI=1S/C11H10ClFOS/c12-8-4-3-7(6-9(8)13)11(14)10-2-1-5-15-10/h3-4,6,10H,1-2,5H2. The average Bonchev–Trinajstić information content (AvgIpc) is 2.74. The summed E-state index contributed by atoms with van der Waals surface area (Å²) in [6.45, 7) is 0. The molecule has 1 atom stereocenters. The Morgan fingerprint density at radius 2 is 2.33 bits per heavy atom. The maximum absolute atomic E-state index is 13.1. The number of Topliss-reactive ketones (excluding diaryl/α,β-unsaturated/α-hetero) is 1. The number of hydrogen-bond donors (Lipinski definition) is 0. The minimum absolute atomic E-state index is 0.00516. The van der Waals surface area contributed by atoms with Gasteiger partial charge in [0.15, 0.2) is 5.78 Å². The zero-order valence-electron chi connectivity index (χ0n) is 8.00. The van der Waals surface area contributed by atoms with Crippen LogP contribution in [0.25, 0.3) is 0 Å². The largest absolute Gasteiger partial charge is 0.293 e. The third kappa shape index (κ3) is 2.34. The van der Waals surface area contributed by atoms with Crippen molar-refractivity contribution in [2.45, 2.75) is 18.1 Å². The minimum Gasteiger partial charge on any atom is -0.293 e. The van der Waals surface area contributed by atoms with E-state index in [9.17, 15) is 9.18 Å². The van der Waals surface area contributed by atoms with E-state index >= 15 is 0 Å². The molecule has 0 spiro atoms. The minimum atomic E-state index is -0.523. The number of carbonyl (C=O) groups excluding carboxylic acids is 1. The smallest absolute Gasteiger partial charge is 0.175 e. The molecule has 1 fully saturated rings. The maximum Gasteiger partial charge on any atom is 0.175 e. The lowest BCUT2D eigenvalue weighted by Crippen LogP contribution is -2.14. The fourth-order valence-corrected chi connectivity index (χ4v) is 2.98. The van der Waals surface area contributed by atoms with E-state index in [2.05, 4.69) is 0 Å². The third-order valence-electron chi connectivity index (χ3n) is 2.43.